The van der Waals surface area contributed by atoms with E-state index >= 15 is 0 Å². The third-order valence-electron chi connectivity index (χ3n) is 4.01. The minimum Gasteiger partial charge on any atom is -0.484 e. The fourth-order valence-electron chi connectivity index (χ4n) is 2.48. The molecule has 0 radical (unpaired) electrons. The Morgan fingerprint density at radius 2 is 1.86 bits per heavy atom. The van der Waals surface area contributed by atoms with Crippen LogP contribution in [0.5, 0.6) is 5.75 Å². The van der Waals surface area contributed by atoms with Crippen LogP contribution in [0.25, 0.3) is 0 Å². The molecule has 0 unspecified atom stereocenters. The molecule has 0 aliphatic carbocycles. The number of aryl methyl sites for hydroxylation is 1. The van der Waals surface area contributed by atoms with E-state index in [4.69, 9.17) is 10.5 Å². The second kappa shape index (κ2) is 10.9. The number of hydrogen-bond donors (Lipinski definition) is 3. The quantitative estimate of drug-likeness (QED) is 0.456. The van der Waals surface area contributed by atoms with Gasteiger partial charge in [0.2, 0.25) is 0 Å². The van der Waals surface area contributed by atoms with Crippen LogP contribution >= 0.6 is 0 Å². The molecule has 7 heteroatoms. The Bertz CT molecular complexity index is 807. The van der Waals surface area contributed by atoms with Crippen LogP contribution in [0.1, 0.15) is 23.6 Å². The van der Waals surface area contributed by atoms with Crippen molar-refractivity contribution < 1.29 is 13.9 Å². The minimum atomic E-state index is -0.503. The smallest absolute Gasteiger partial charge is 0.255 e. The van der Waals surface area contributed by atoms with Crippen LogP contribution < -0.4 is 21.1 Å². The number of guanidine groups is 1. The van der Waals surface area contributed by atoms with Crippen molar-refractivity contribution in [2.45, 2.75) is 26.8 Å². The second-order valence-electron chi connectivity index (χ2n) is 6.35. The van der Waals surface area contributed by atoms with Crippen LogP contribution in [0.2, 0.25) is 0 Å². The number of amides is 1. The van der Waals surface area contributed by atoms with E-state index in [9.17, 15) is 9.18 Å². The van der Waals surface area contributed by atoms with Gasteiger partial charge in [-0.2, -0.15) is 0 Å². The predicted molar refractivity (Wildman–Crippen MR) is 109 cm³/mol. The van der Waals surface area contributed by atoms with E-state index in [2.05, 4.69) is 15.6 Å². The predicted octanol–water partition coefficient (Wildman–Crippen LogP) is 2.30. The van der Waals surface area contributed by atoms with E-state index in [1.54, 1.807) is 13.0 Å². The monoisotopic (exact) mass is 386 g/mol. The number of rotatable bonds is 9. The lowest BCUT2D eigenvalue weighted by atomic mass is 10.1. The molecule has 2 aromatic carbocycles. The zero-order valence-corrected chi connectivity index (χ0v) is 16.3. The summed E-state index contributed by atoms with van der Waals surface area (Å²) in [7, 11) is 0. The molecule has 2 aromatic rings. The summed E-state index contributed by atoms with van der Waals surface area (Å²) in [5.74, 6) is 0.575. The molecule has 0 saturated heterocycles. The van der Waals surface area contributed by atoms with E-state index in [1.165, 1.54) is 6.07 Å². The van der Waals surface area contributed by atoms with Crippen LogP contribution in [-0.4, -0.2) is 31.6 Å². The summed E-state index contributed by atoms with van der Waals surface area (Å²) in [6, 6.07) is 12.7. The van der Waals surface area contributed by atoms with Gasteiger partial charge in [0.15, 0.2) is 12.6 Å². The van der Waals surface area contributed by atoms with E-state index in [0.29, 0.717) is 30.4 Å². The molecule has 0 aliphatic heterocycles. The van der Waals surface area contributed by atoms with Crippen LogP contribution in [0.4, 0.5) is 4.39 Å². The SMILES string of the molecule is CCNC(=NCc1ccc(C)c(F)c1)NCCc1ccc(OCC(N)=O)cc1. The normalized spacial score (nSPS) is 11.2. The lowest BCUT2D eigenvalue weighted by Gasteiger charge is -2.12. The van der Waals surface area contributed by atoms with Gasteiger partial charge in [0.05, 0.1) is 6.54 Å². The number of hydrogen-bond acceptors (Lipinski definition) is 3. The number of aliphatic imine (C=N–C) groups is 1. The number of carbonyl (C=O) groups is 1. The van der Waals surface area contributed by atoms with Gasteiger partial charge in [-0.3, -0.25) is 4.79 Å². The van der Waals surface area contributed by atoms with Gasteiger partial charge in [-0.1, -0.05) is 24.3 Å². The van der Waals surface area contributed by atoms with Crippen molar-refractivity contribution in [3.05, 3.63) is 65.0 Å². The number of nitrogens with zero attached hydrogens (tertiary/aromatic N) is 1. The highest BCUT2D eigenvalue weighted by Gasteiger charge is 2.02. The lowest BCUT2D eigenvalue weighted by molar-refractivity contribution is -0.119. The molecule has 0 fully saturated rings. The van der Waals surface area contributed by atoms with Gasteiger partial charge in [-0.05, 0) is 55.2 Å². The Balaban J connectivity index is 1.85. The highest BCUT2D eigenvalue weighted by molar-refractivity contribution is 5.79. The van der Waals surface area contributed by atoms with E-state index < -0.39 is 5.91 Å². The van der Waals surface area contributed by atoms with Gasteiger partial charge in [0.25, 0.3) is 5.91 Å². The number of ether oxygens (including phenoxy) is 1. The summed E-state index contributed by atoms with van der Waals surface area (Å²) in [6.07, 6.45) is 0.791. The van der Waals surface area contributed by atoms with E-state index in [-0.39, 0.29) is 12.4 Å². The van der Waals surface area contributed by atoms with Gasteiger partial charge < -0.3 is 21.1 Å². The summed E-state index contributed by atoms with van der Waals surface area (Å²) in [5, 5.41) is 6.46. The highest BCUT2D eigenvalue weighted by atomic mass is 19.1. The number of nitrogens with one attached hydrogen (secondary N) is 2. The first-order valence-corrected chi connectivity index (χ1v) is 9.25. The molecular weight excluding hydrogens is 359 g/mol. The van der Waals surface area contributed by atoms with Gasteiger partial charge in [-0.15, -0.1) is 0 Å². The van der Waals surface area contributed by atoms with Gasteiger partial charge in [0.1, 0.15) is 11.6 Å². The van der Waals surface area contributed by atoms with Gasteiger partial charge >= 0.3 is 0 Å². The maximum Gasteiger partial charge on any atom is 0.255 e. The van der Waals surface area contributed by atoms with Crippen LogP contribution in [0.3, 0.4) is 0 Å². The molecule has 0 aliphatic rings. The second-order valence-corrected chi connectivity index (χ2v) is 6.35. The highest BCUT2D eigenvalue weighted by Crippen LogP contribution is 2.12. The van der Waals surface area contributed by atoms with Gasteiger partial charge in [-0.25, -0.2) is 9.38 Å². The van der Waals surface area contributed by atoms with Crippen molar-refractivity contribution in [2.24, 2.45) is 10.7 Å². The minimum absolute atomic E-state index is 0.131. The average Bonchev–Trinajstić information content (AvgIpc) is 2.68. The molecule has 1 amide bonds. The summed E-state index contributed by atoms with van der Waals surface area (Å²) < 4.78 is 18.9. The molecule has 6 nitrogen and oxygen atoms in total. The maximum atomic E-state index is 13.6. The van der Waals surface area contributed by atoms with Crippen molar-refractivity contribution in [2.75, 3.05) is 19.7 Å². The van der Waals surface area contributed by atoms with E-state index in [0.717, 1.165) is 24.1 Å². The summed E-state index contributed by atoms with van der Waals surface area (Å²) in [4.78, 5) is 15.2. The van der Waals surface area contributed by atoms with E-state index in [1.807, 2.05) is 37.3 Å². The van der Waals surface area contributed by atoms with Crippen molar-refractivity contribution in [3.8, 4) is 5.75 Å². The number of primary amides is 1. The third-order valence-corrected chi connectivity index (χ3v) is 4.01. The van der Waals surface area contributed by atoms with Crippen molar-refractivity contribution >= 4 is 11.9 Å². The van der Waals surface area contributed by atoms with Gasteiger partial charge in [0, 0.05) is 13.1 Å². The average molecular weight is 386 g/mol. The first kappa shape index (κ1) is 21.2. The Hall–Kier alpha value is -3.09. The molecule has 150 valence electrons. The summed E-state index contributed by atoms with van der Waals surface area (Å²) in [5.41, 5.74) is 7.63. The Labute approximate surface area is 165 Å². The van der Waals surface area contributed by atoms with Crippen molar-refractivity contribution in [1.82, 2.24) is 10.6 Å². The Morgan fingerprint density at radius 3 is 2.50 bits per heavy atom. The summed E-state index contributed by atoms with van der Waals surface area (Å²) in [6.45, 7) is 5.43. The topological polar surface area (TPSA) is 88.7 Å². The third kappa shape index (κ3) is 7.26. The molecule has 4 N–H and O–H groups in total. The summed E-state index contributed by atoms with van der Waals surface area (Å²) >= 11 is 0. The zero-order chi connectivity index (χ0) is 20.4. The molecule has 0 bridgehead atoms. The molecular formula is C21H27FN4O2. The molecule has 28 heavy (non-hydrogen) atoms. The lowest BCUT2D eigenvalue weighted by Crippen LogP contribution is -2.38. The van der Waals surface area contributed by atoms with Crippen molar-refractivity contribution in [3.63, 3.8) is 0 Å². The molecule has 2 rings (SSSR count). The fourth-order valence-corrected chi connectivity index (χ4v) is 2.48. The largest absolute Gasteiger partial charge is 0.484 e. The number of halogens is 1. The van der Waals surface area contributed by atoms with Crippen LogP contribution in [0, 0.1) is 12.7 Å². The standard InChI is InChI=1S/C21H27FN4O2/c1-3-24-21(26-13-17-5-4-15(2)19(22)12-17)25-11-10-16-6-8-18(9-7-16)28-14-20(23)27/h4-9,12H,3,10-11,13-14H2,1-2H3,(H2,23,27)(H2,24,25,26). The zero-order valence-electron chi connectivity index (χ0n) is 16.3. The van der Waals surface area contributed by atoms with Crippen LogP contribution in [-0.2, 0) is 17.8 Å². The maximum absolute atomic E-state index is 13.6. The first-order chi connectivity index (χ1) is 13.5. The van der Waals surface area contributed by atoms with Crippen molar-refractivity contribution in [1.29, 1.82) is 0 Å². The Kier molecular flexibility index (Phi) is 8.27. The Morgan fingerprint density at radius 1 is 1.14 bits per heavy atom. The van der Waals surface area contributed by atoms with Crippen LogP contribution in [0.15, 0.2) is 47.5 Å². The fraction of sp³-hybridized carbons (Fsp3) is 0.333. The molecule has 0 heterocycles. The molecule has 0 spiro atoms. The molecule has 0 atom stereocenters. The molecule has 0 saturated carbocycles. The number of carbonyl (C=O) groups excluding carboxylic acids is 1. The molecule has 0 aromatic heterocycles. The first-order valence-electron chi connectivity index (χ1n) is 9.25. The number of benzene rings is 2. The number of nitrogens with two attached hydrogens (primary N) is 1.